The van der Waals surface area contributed by atoms with Gasteiger partial charge in [-0.3, -0.25) is 4.79 Å². The van der Waals surface area contributed by atoms with Gasteiger partial charge in [0.1, 0.15) is 0 Å². The number of nitrogens with zero attached hydrogens (tertiary/aromatic N) is 2. The predicted octanol–water partition coefficient (Wildman–Crippen LogP) is 2.30. The van der Waals surface area contributed by atoms with E-state index in [1.807, 2.05) is 11.0 Å². The molecule has 1 N–H and O–H groups in total. The van der Waals surface area contributed by atoms with Gasteiger partial charge in [0.2, 0.25) is 5.91 Å². The first kappa shape index (κ1) is 13.6. The second-order valence-electron chi connectivity index (χ2n) is 5.14. The number of aryl methyl sites for hydroxylation is 2. The molecule has 0 bridgehead atoms. The first-order valence-corrected chi connectivity index (χ1v) is 6.64. The van der Waals surface area contributed by atoms with Gasteiger partial charge < -0.3 is 10.1 Å². The van der Waals surface area contributed by atoms with Crippen LogP contribution in [0.2, 0.25) is 0 Å². The van der Waals surface area contributed by atoms with Gasteiger partial charge in [-0.1, -0.05) is 23.4 Å². The summed E-state index contributed by atoms with van der Waals surface area (Å²) in [5.41, 5.74) is 4.32. The van der Waals surface area contributed by atoms with Crippen LogP contribution in [0, 0.1) is 13.8 Å². The summed E-state index contributed by atoms with van der Waals surface area (Å²) in [6.45, 7) is 5.45. The smallest absolute Gasteiger partial charge is 0.227 e. The van der Waals surface area contributed by atoms with E-state index in [4.69, 9.17) is 5.21 Å². The van der Waals surface area contributed by atoms with Crippen LogP contribution in [0.1, 0.15) is 29.5 Å². The normalized spacial score (nSPS) is 15.5. The van der Waals surface area contributed by atoms with Gasteiger partial charge in [0.15, 0.2) is 0 Å². The summed E-state index contributed by atoms with van der Waals surface area (Å²) in [7, 11) is 0. The first-order chi connectivity index (χ1) is 9.10. The molecule has 1 heterocycles. The monoisotopic (exact) mass is 260 g/mol. The Morgan fingerprint density at radius 3 is 2.53 bits per heavy atom. The lowest BCUT2D eigenvalue weighted by Crippen LogP contribution is -2.39. The molecule has 1 amide bonds. The Hall–Kier alpha value is -1.84. The number of likely N-dealkylation sites (tertiary alicyclic amines) is 1. The van der Waals surface area contributed by atoms with E-state index in [1.165, 1.54) is 11.1 Å². The number of benzene rings is 1. The molecule has 0 radical (unpaired) electrons. The Morgan fingerprint density at radius 1 is 1.26 bits per heavy atom. The summed E-state index contributed by atoms with van der Waals surface area (Å²) >= 11 is 0. The van der Waals surface area contributed by atoms with Crippen molar-refractivity contribution in [2.45, 2.75) is 33.1 Å². The Bertz CT molecular complexity index is 499. The molecule has 4 heteroatoms. The molecular weight excluding hydrogens is 240 g/mol. The van der Waals surface area contributed by atoms with Crippen molar-refractivity contribution in [1.29, 1.82) is 0 Å². The fourth-order valence-electron chi connectivity index (χ4n) is 2.31. The molecular formula is C15H20N2O2. The fraction of sp³-hybridized carbons (Fsp3) is 0.467. The molecule has 0 spiro atoms. The van der Waals surface area contributed by atoms with Crippen LogP contribution >= 0.6 is 0 Å². The summed E-state index contributed by atoms with van der Waals surface area (Å²) in [4.78, 5) is 14.0. The summed E-state index contributed by atoms with van der Waals surface area (Å²) in [5, 5.41) is 11.9. The van der Waals surface area contributed by atoms with Crippen molar-refractivity contribution in [2.75, 3.05) is 13.1 Å². The quantitative estimate of drug-likeness (QED) is 0.655. The van der Waals surface area contributed by atoms with E-state index in [-0.39, 0.29) is 5.91 Å². The van der Waals surface area contributed by atoms with Crippen molar-refractivity contribution < 1.29 is 10.0 Å². The highest BCUT2D eigenvalue weighted by atomic mass is 16.4. The van der Waals surface area contributed by atoms with Gasteiger partial charge in [-0.15, -0.1) is 0 Å². The van der Waals surface area contributed by atoms with Crippen LogP contribution in [0.15, 0.2) is 23.4 Å². The summed E-state index contributed by atoms with van der Waals surface area (Å²) < 4.78 is 0. The zero-order chi connectivity index (χ0) is 13.8. The maximum atomic E-state index is 12.2. The minimum atomic E-state index is 0.153. The van der Waals surface area contributed by atoms with Gasteiger partial charge in [-0.25, -0.2) is 0 Å². The molecule has 0 aromatic heterocycles. The molecule has 1 aromatic rings. The lowest BCUT2D eigenvalue weighted by molar-refractivity contribution is -0.130. The number of hydrogen-bond acceptors (Lipinski definition) is 3. The average molecular weight is 260 g/mol. The van der Waals surface area contributed by atoms with Gasteiger partial charge in [-0.2, -0.15) is 0 Å². The minimum Gasteiger partial charge on any atom is -0.411 e. The number of amides is 1. The average Bonchev–Trinajstić information content (AvgIpc) is 2.43. The third kappa shape index (κ3) is 3.34. The Balaban J connectivity index is 1.96. The van der Waals surface area contributed by atoms with Gasteiger partial charge in [0.25, 0.3) is 0 Å². The standard InChI is InChI=1S/C15H20N2O2/c1-11-3-4-13(9-12(11)2)10-15(18)17-7-5-14(16-19)6-8-17/h3-4,9,19H,5-8,10H2,1-2H3. The predicted molar refractivity (Wildman–Crippen MR) is 74.7 cm³/mol. The van der Waals surface area contributed by atoms with Crippen molar-refractivity contribution >= 4 is 11.6 Å². The number of piperidine rings is 1. The highest BCUT2D eigenvalue weighted by molar-refractivity contribution is 5.87. The molecule has 1 aliphatic rings. The molecule has 0 unspecified atom stereocenters. The van der Waals surface area contributed by atoms with E-state index in [0.717, 1.165) is 11.3 Å². The number of rotatable bonds is 2. The van der Waals surface area contributed by atoms with Crippen LogP contribution in [0.25, 0.3) is 0 Å². The van der Waals surface area contributed by atoms with E-state index in [0.29, 0.717) is 32.4 Å². The van der Waals surface area contributed by atoms with E-state index in [9.17, 15) is 4.79 Å². The molecule has 1 aromatic carbocycles. The molecule has 102 valence electrons. The van der Waals surface area contributed by atoms with E-state index in [1.54, 1.807) is 0 Å². The molecule has 0 atom stereocenters. The summed E-state index contributed by atoms with van der Waals surface area (Å²) in [5.74, 6) is 0.153. The lowest BCUT2D eigenvalue weighted by Gasteiger charge is -2.27. The molecule has 19 heavy (non-hydrogen) atoms. The van der Waals surface area contributed by atoms with Gasteiger partial charge in [0, 0.05) is 25.9 Å². The fourth-order valence-corrected chi connectivity index (χ4v) is 2.31. The highest BCUT2D eigenvalue weighted by Crippen LogP contribution is 2.13. The van der Waals surface area contributed by atoms with Crippen molar-refractivity contribution in [3.05, 3.63) is 34.9 Å². The van der Waals surface area contributed by atoms with E-state index >= 15 is 0 Å². The SMILES string of the molecule is Cc1ccc(CC(=O)N2CCC(=NO)CC2)cc1C. The van der Waals surface area contributed by atoms with E-state index < -0.39 is 0 Å². The highest BCUT2D eigenvalue weighted by Gasteiger charge is 2.20. The van der Waals surface area contributed by atoms with Gasteiger partial charge in [0.05, 0.1) is 12.1 Å². The minimum absolute atomic E-state index is 0.153. The van der Waals surface area contributed by atoms with Crippen molar-refractivity contribution in [3.63, 3.8) is 0 Å². The van der Waals surface area contributed by atoms with Gasteiger partial charge in [-0.05, 0) is 30.5 Å². The third-order valence-electron chi connectivity index (χ3n) is 3.76. The van der Waals surface area contributed by atoms with Crippen LogP contribution in [-0.2, 0) is 11.2 Å². The van der Waals surface area contributed by atoms with Crippen LogP contribution in [0.4, 0.5) is 0 Å². The molecule has 0 aliphatic carbocycles. The van der Waals surface area contributed by atoms with Crippen LogP contribution in [0.3, 0.4) is 0 Å². The van der Waals surface area contributed by atoms with Crippen LogP contribution in [-0.4, -0.2) is 34.8 Å². The maximum absolute atomic E-state index is 12.2. The van der Waals surface area contributed by atoms with Crippen molar-refractivity contribution in [1.82, 2.24) is 4.90 Å². The number of carbonyl (C=O) groups excluding carboxylic acids is 1. The Kier molecular flexibility index (Phi) is 4.20. The molecule has 4 nitrogen and oxygen atoms in total. The van der Waals surface area contributed by atoms with Crippen molar-refractivity contribution in [3.8, 4) is 0 Å². The van der Waals surface area contributed by atoms with Crippen LogP contribution in [0.5, 0.6) is 0 Å². The summed E-state index contributed by atoms with van der Waals surface area (Å²) in [6, 6.07) is 6.16. The first-order valence-electron chi connectivity index (χ1n) is 6.64. The molecule has 1 aliphatic heterocycles. The number of carbonyl (C=O) groups is 1. The second-order valence-corrected chi connectivity index (χ2v) is 5.14. The summed E-state index contributed by atoms with van der Waals surface area (Å²) in [6.07, 6.45) is 1.80. The number of hydrogen-bond donors (Lipinski definition) is 1. The third-order valence-corrected chi connectivity index (χ3v) is 3.76. The zero-order valence-corrected chi connectivity index (χ0v) is 11.5. The van der Waals surface area contributed by atoms with Crippen molar-refractivity contribution in [2.24, 2.45) is 5.16 Å². The lowest BCUT2D eigenvalue weighted by atomic mass is 10.0. The Labute approximate surface area is 113 Å². The molecule has 1 saturated heterocycles. The zero-order valence-electron chi connectivity index (χ0n) is 11.5. The van der Waals surface area contributed by atoms with E-state index in [2.05, 4.69) is 31.1 Å². The number of oxime groups is 1. The Morgan fingerprint density at radius 2 is 1.95 bits per heavy atom. The molecule has 1 fully saturated rings. The topological polar surface area (TPSA) is 52.9 Å². The van der Waals surface area contributed by atoms with Crippen LogP contribution < -0.4 is 0 Å². The maximum Gasteiger partial charge on any atom is 0.227 e. The largest absolute Gasteiger partial charge is 0.411 e. The van der Waals surface area contributed by atoms with Gasteiger partial charge >= 0.3 is 0 Å². The molecule has 2 rings (SSSR count). The molecule has 0 saturated carbocycles. The second kappa shape index (κ2) is 5.87.